The summed E-state index contributed by atoms with van der Waals surface area (Å²) in [5.74, 6) is 5.01. The van der Waals surface area contributed by atoms with Crippen LogP contribution in [0.3, 0.4) is 0 Å². The van der Waals surface area contributed by atoms with Gasteiger partial charge >= 0.3 is 12.0 Å². The monoisotopic (exact) mass is 434 g/mol. The molecule has 0 spiro atoms. The van der Waals surface area contributed by atoms with Gasteiger partial charge in [0.05, 0.1) is 22.7 Å². The van der Waals surface area contributed by atoms with Crippen molar-refractivity contribution in [1.82, 2.24) is 4.90 Å². The van der Waals surface area contributed by atoms with E-state index in [0.717, 1.165) is 26.6 Å². The van der Waals surface area contributed by atoms with Crippen LogP contribution in [0.2, 0.25) is 0 Å². The summed E-state index contributed by atoms with van der Waals surface area (Å²) in [5, 5.41) is 9.03. The van der Waals surface area contributed by atoms with Crippen LogP contribution < -0.4 is 4.90 Å². The second kappa shape index (κ2) is 8.62. The normalized spacial score (nSPS) is 12.9. The molecule has 156 valence electrons. The quantitative estimate of drug-likeness (QED) is 0.603. The SMILES string of the molecule is CN1C(=O)N(Cc2ccc(C(=O)O)cc2)Cc2sc(C#CCc3ccc(F)cc3)cc21. The average Bonchev–Trinajstić information content (AvgIpc) is 3.16. The van der Waals surface area contributed by atoms with Crippen molar-refractivity contribution >= 4 is 29.0 Å². The zero-order valence-electron chi connectivity index (χ0n) is 16.8. The van der Waals surface area contributed by atoms with Gasteiger partial charge in [-0.25, -0.2) is 14.0 Å². The second-order valence-corrected chi connectivity index (χ2v) is 8.36. The van der Waals surface area contributed by atoms with E-state index in [9.17, 15) is 14.0 Å². The van der Waals surface area contributed by atoms with E-state index in [2.05, 4.69) is 11.8 Å². The van der Waals surface area contributed by atoms with Crippen molar-refractivity contribution in [2.75, 3.05) is 11.9 Å². The number of rotatable bonds is 4. The Labute approximate surface area is 183 Å². The highest BCUT2D eigenvalue weighted by atomic mass is 32.1. The van der Waals surface area contributed by atoms with Gasteiger partial charge in [0.25, 0.3) is 0 Å². The number of carboxylic acid groups (broad SMARTS) is 1. The number of anilines is 1. The molecule has 0 aliphatic carbocycles. The molecule has 1 aromatic heterocycles. The maximum Gasteiger partial charge on any atom is 0.335 e. The minimum absolute atomic E-state index is 0.113. The lowest BCUT2D eigenvalue weighted by atomic mass is 10.1. The van der Waals surface area contributed by atoms with Crippen molar-refractivity contribution in [3.05, 3.63) is 86.9 Å². The molecule has 1 aliphatic rings. The number of aromatic carboxylic acids is 1. The Balaban J connectivity index is 1.47. The molecule has 0 radical (unpaired) electrons. The third kappa shape index (κ3) is 4.60. The molecule has 3 aromatic rings. The van der Waals surface area contributed by atoms with Gasteiger partial charge in [0, 0.05) is 24.9 Å². The molecule has 5 nitrogen and oxygen atoms in total. The fourth-order valence-corrected chi connectivity index (χ4v) is 4.45. The van der Waals surface area contributed by atoms with Crippen LogP contribution in [0.4, 0.5) is 14.9 Å². The molecular formula is C24H19FN2O3S. The number of carbonyl (C=O) groups excluding carboxylic acids is 1. The van der Waals surface area contributed by atoms with Crippen molar-refractivity contribution in [2.24, 2.45) is 0 Å². The number of hydrogen-bond acceptors (Lipinski definition) is 3. The third-order valence-electron chi connectivity index (χ3n) is 5.03. The summed E-state index contributed by atoms with van der Waals surface area (Å²) in [6.07, 6.45) is 0.524. The van der Waals surface area contributed by atoms with Gasteiger partial charge in [-0.1, -0.05) is 36.1 Å². The van der Waals surface area contributed by atoms with Crippen molar-refractivity contribution in [1.29, 1.82) is 0 Å². The molecule has 31 heavy (non-hydrogen) atoms. The molecule has 0 unspecified atom stereocenters. The summed E-state index contributed by atoms with van der Waals surface area (Å²) in [6, 6.07) is 14.6. The molecule has 0 fully saturated rings. The first-order valence-corrected chi connectivity index (χ1v) is 10.4. The Kier molecular flexibility index (Phi) is 5.74. The molecule has 4 rings (SSSR count). The molecule has 0 bridgehead atoms. The van der Waals surface area contributed by atoms with Gasteiger partial charge in [0.1, 0.15) is 5.82 Å². The Morgan fingerprint density at radius 1 is 1.13 bits per heavy atom. The molecular weight excluding hydrogens is 415 g/mol. The number of hydrogen-bond donors (Lipinski definition) is 1. The van der Waals surface area contributed by atoms with Crippen molar-refractivity contribution in [3.8, 4) is 11.8 Å². The Morgan fingerprint density at radius 2 is 1.81 bits per heavy atom. The maximum absolute atomic E-state index is 13.0. The summed E-state index contributed by atoms with van der Waals surface area (Å²) >= 11 is 1.55. The number of carbonyl (C=O) groups is 2. The van der Waals surface area contributed by atoms with Crippen LogP contribution in [0, 0.1) is 17.7 Å². The summed E-state index contributed by atoms with van der Waals surface area (Å²) in [5.41, 5.74) is 2.89. The summed E-state index contributed by atoms with van der Waals surface area (Å²) < 4.78 is 13.0. The van der Waals surface area contributed by atoms with Crippen molar-refractivity contribution < 1.29 is 19.1 Å². The summed E-state index contributed by atoms with van der Waals surface area (Å²) in [4.78, 5) is 29.1. The highest BCUT2D eigenvalue weighted by Crippen LogP contribution is 2.35. The second-order valence-electron chi connectivity index (χ2n) is 7.22. The molecule has 2 amide bonds. The van der Waals surface area contributed by atoms with Gasteiger partial charge in [0.2, 0.25) is 0 Å². The number of urea groups is 1. The van der Waals surface area contributed by atoms with Crippen molar-refractivity contribution in [2.45, 2.75) is 19.5 Å². The number of halogens is 1. The number of amides is 2. The Morgan fingerprint density at radius 3 is 2.48 bits per heavy atom. The molecule has 1 aliphatic heterocycles. The van der Waals surface area contributed by atoms with E-state index >= 15 is 0 Å². The largest absolute Gasteiger partial charge is 0.478 e. The first-order chi connectivity index (χ1) is 14.9. The zero-order chi connectivity index (χ0) is 22.0. The number of thiophene rings is 1. The van der Waals surface area contributed by atoms with Gasteiger partial charge in [-0.3, -0.25) is 4.90 Å². The Bertz CT molecular complexity index is 1190. The van der Waals surface area contributed by atoms with E-state index in [1.807, 2.05) is 6.07 Å². The molecule has 0 saturated carbocycles. The zero-order valence-corrected chi connectivity index (χ0v) is 17.6. The van der Waals surface area contributed by atoms with Gasteiger partial charge in [-0.15, -0.1) is 11.3 Å². The van der Waals surface area contributed by atoms with Gasteiger partial charge in [0.15, 0.2) is 0 Å². The van der Waals surface area contributed by atoms with Crippen molar-refractivity contribution in [3.63, 3.8) is 0 Å². The van der Waals surface area contributed by atoms with Gasteiger partial charge < -0.3 is 10.0 Å². The van der Waals surface area contributed by atoms with E-state index in [1.165, 1.54) is 12.1 Å². The van der Waals surface area contributed by atoms with E-state index in [1.54, 1.807) is 64.6 Å². The molecule has 0 saturated heterocycles. The molecule has 2 aromatic carbocycles. The lowest BCUT2D eigenvalue weighted by Crippen LogP contribution is -2.44. The van der Waals surface area contributed by atoms with Gasteiger partial charge in [-0.2, -0.15) is 0 Å². The van der Waals surface area contributed by atoms with Crippen LogP contribution in [0.5, 0.6) is 0 Å². The van der Waals surface area contributed by atoms with Crippen LogP contribution in [-0.4, -0.2) is 29.1 Å². The van der Waals surface area contributed by atoms with E-state index in [0.29, 0.717) is 19.5 Å². The lowest BCUT2D eigenvalue weighted by molar-refractivity contribution is 0.0696. The molecule has 7 heteroatoms. The third-order valence-corrected chi connectivity index (χ3v) is 6.06. The highest BCUT2D eigenvalue weighted by molar-refractivity contribution is 7.13. The van der Waals surface area contributed by atoms with E-state index in [-0.39, 0.29) is 17.4 Å². The van der Waals surface area contributed by atoms with Crippen LogP contribution in [0.1, 0.15) is 31.2 Å². The number of benzene rings is 2. The number of carboxylic acids is 1. The standard InChI is InChI=1S/C24H19FN2O3S/c1-26-21-13-20(4-2-3-16-7-11-19(25)12-8-16)31-22(21)15-27(24(26)30)14-17-5-9-18(10-6-17)23(28)29/h5-13H,3,14-15H2,1H3,(H,28,29). The predicted octanol–water partition coefficient (Wildman–Crippen LogP) is 4.75. The molecule has 1 N–H and O–H groups in total. The minimum Gasteiger partial charge on any atom is -0.478 e. The number of nitrogens with zero attached hydrogens (tertiary/aromatic N) is 2. The molecule has 2 heterocycles. The van der Waals surface area contributed by atoms with Crippen LogP contribution in [0.25, 0.3) is 0 Å². The lowest BCUT2D eigenvalue weighted by Gasteiger charge is -2.33. The minimum atomic E-state index is -0.975. The summed E-state index contributed by atoms with van der Waals surface area (Å²) in [7, 11) is 1.74. The first kappa shape index (κ1) is 20.6. The van der Waals surface area contributed by atoms with E-state index in [4.69, 9.17) is 5.11 Å². The topological polar surface area (TPSA) is 60.9 Å². The Hall–Kier alpha value is -3.63. The van der Waals surface area contributed by atoms with E-state index < -0.39 is 5.97 Å². The molecule has 0 atom stereocenters. The number of fused-ring (bicyclic) bond motifs is 1. The van der Waals surface area contributed by atoms with Crippen LogP contribution >= 0.6 is 11.3 Å². The fraction of sp³-hybridized carbons (Fsp3) is 0.167. The van der Waals surface area contributed by atoms with Gasteiger partial charge in [-0.05, 0) is 41.5 Å². The first-order valence-electron chi connectivity index (χ1n) is 9.61. The predicted molar refractivity (Wildman–Crippen MR) is 118 cm³/mol. The summed E-state index contributed by atoms with van der Waals surface area (Å²) in [6.45, 7) is 0.871. The fourth-order valence-electron chi connectivity index (χ4n) is 3.37. The average molecular weight is 434 g/mol. The highest BCUT2D eigenvalue weighted by Gasteiger charge is 2.29. The van der Waals surface area contributed by atoms with Crippen LogP contribution in [0.15, 0.2) is 54.6 Å². The van der Waals surface area contributed by atoms with Crippen LogP contribution in [-0.2, 0) is 19.5 Å². The smallest absolute Gasteiger partial charge is 0.335 e. The maximum atomic E-state index is 13.0.